The molecule has 2 heterocycles. The van der Waals surface area contributed by atoms with Gasteiger partial charge in [-0.2, -0.15) is 0 Å². The lowest BCUT2D eigenvalue weighted by atomic mass is 9.96. The van der Waals surface area contributed by atoms with Crippen LogP contribution in [0.3, 0.4) is 0 Å². The largest absolute Gasteiger partial charge is 0.512 e. The smallest absolute Gasteiger partial charge is 0.200 e. The zero-order valence-corrected chi connectivity index (χ0v) is 16.4. The highest BCUT2D eigenvalue weighted by molar-refractivity contribution is 6.04. The molecule has 0 aliphatic rings. The Morgan fingerprint density at radius 3 is 2.52 bits per heavy atom. The SMILES string of the molecule is Cn1cc(-c2c(O)[nH]c(O)c2-c2cccc(OC/C(O)=C/O)c2N=O)c2ccccc21. The molecule has 4 aromatic rings. The number of fused-ring (bicyclic) bond motifs is 1. The van der Waals surface area contributed by atoms with Gasteiger partial charge >= 0.3 is 0 Å². The van der Waals surface area contributed by atoms with Crippen molar-refractivity contribution in [2.75, 3.05) is 6.61 Å². The van der Waals surface area contributed by atoms with Crippen molar-refractivity contribution in [1.29, 1.82) is 0 Å². The summed E-state index contributed by atoms with van der Waals surface area (Å²) in [6.07, 6.45) is 2.29. The Hall–Kier alpha value is -4.40. The molecule has 5 N–H and O–H groups in total. The van der Waals surface area contributed by atoms with Crippen molar-refractivity contribution in [3.05, 3.63) is 65.6 Å². The van der Waals surface area contributed by atoms with Gasteiger partial charge in [0.1, 0.15) is 18.6 Å². The quantitative estimate of drug-likeness (QED) is 0.220. The zero-order chi connectivity index (χ0) is 22.1. The van der Waals surface area contributed by atoms with E-state index in [0.29, 0.717) is 17.4 Å². The molecule has 0 saturated carbocycles. The van der Waals surface area contributed by atoms with Gasteiger partial charge in [0, 0.05) is 35.3 Å². The molecular weight excluding hydrogens is 402 g/mol. The monoisotopic (exact) mass is 421 g/mol. The molecule has 0 unspecified atom stereocenters. The maximum atomic E-state index is 11.7. The van der Waals surface area contributed by atoms with E-state index in [2.05, 4.69) is 10.2 Å². The number of aromatic amines is 1. The van der Waals surface area contributed by atoms with Crippen molar-refractivity contribution < 1.29 is 25.2 Å². The molecule has 0 radical (unpaired) electrons. The van der Waals surface area contributed by atoms with Gasteiger partial charge in [0.15, 0.2) is 23.2 Å². The van der Waals surface area contributed by atoms with E-state index < -0.39 is 5.76 Å². The van der Waals surface area contributed by atoms with E-state index in [9.17, 15) is 20.2 Å². The van der Waals surface area contributed by atoms with Crippen LogP contribution < -0.4 is 4.74 Å². The molecule has 0 saturated heterocycles. The second-order valence-corrected chi connectivity index (χ2v) is 6.90. The number of aryl methyl sites for hydroxylation is 1. The van der Waals surface area contributed by atoms with Crippen LogP contribution in [0.4, 0.5) is 5.69 Å². The molecule has 0 amide bonds. The van der Waals surface area contributed by atoms with E-state index in [1.807, 2.05) is 42.1 Å². The minimum absolute atomic E-state index is 0.0323. The number of aromatic nitrogens is 2. The summed E-state index contributed by atoms with van der Waals surface area (Å²) in [5.41, 5.74) is 2.12. The topological polar surface area (TPSA) is 140 Å². The number of aromatic hydroxyl groups is 2. The highest BCUT2D eigenvalue weighted by atomic mass is 16.5. The van der Waals surface area contributed by atoms with Crippen LogP contribution in [0.25, 0.3) is 33.2 Å². The molecule has 0 atom stereocenters. The van der Waals surface area contributed by atoms with Crippen molar-refractivity contribution in [2.24, 2.45) is 12.2 Å². The number of ether oxygens (including phenoxy) is 1. The molecule has 158 valence electrons. The summed E-state index contributed by atoms with van der Waals surface area (Å²) in [7, 11) is 1.86. The number of para-hydroxylation sites is 1. The molecule has 9 nitrogen and oxygen atoms in total. The highest BCUT2D eigenvalue weighted by Crippen LogP contribution is 2.51. The van der Waals surface area contributed by atoms with Crippen LogP contribution in [0.2, 0.25) is 0 Å². The fraction of sp³-hybridized carbons (Fsp3) is 0.0909. The van der Waals surface area contributed by atoms with Gasteiger partial charge < -0.3 is 29.7 Å². The van der Waals surface area contributed by atoms with E-state index in [1.54, 1.807) is 12.1 Å². The molecule has 31 heavy (non-hydrogen) atoms. The Morgan fingerprint density at radius 1 is 1.10 bits per heavy atom. The lowest BCUT2D eigenvalue weighted by molar-refractivity contribution is 0.255. The first-order valence-electron chi connectivity index (χ1n) is 9.26. The van der Waals surface area contributed by atoms with Gasteiger partial charge in [0.05, 0.1) is 11.1 Å². The Morgan fingerprint density at radius 2 is 1.81 bits per heavy atom. The first-order chi connectivity index (χ1) is 15.0. The first kappa shape index (κ1) is 19.9. The van der Waals surface area contributed by atoms with Gasteiger partial charge in [-0.15, -0.1) is 4.91 Å². The summed E-state index contributed by atoms with van der Waals surface area (Å²) < 4.78 is 7.27. The summed E-state index contributed by atoms with van der Waals surface area (Å²) in [5, 5.41) is 43.3. The third kappa shape index (κ3) is 3.31. The number of nitroso groups, excluding NO2 is 1. The second-order valence-electron chi connectivity index (χ2n) is 6.90. The summed E-state index contributed by atoms with van der Waals surface area (Å²) in [6, 6.07) is 12.2. The number of H-pyrrole nitrogens is 1. The Balaban J connectivity index is 1.94. The fourth-order valence-corrected chi connectivity index (χ4v) is 3.66. The molecule has 4 rings (SSSR count). The van der Waals surface area contributed by atoms with Gasteiger partial charge in [0.25, 0.3) is 0 Å². The molecule has 0 aliphatic carbocycles. The summed E-state index contributed by atoms with van der Waals surface area (Å²) in [5.74, 6) is -1.03. The van der Waals surface area contributed by atoms with Crippen LogP contribution in [-0.4, -0.2) is 36.6 Å². The van der Waals surface area contributed by atoms with Gasteiger partial charge in [-0.25, -0.2) is 0 Å². The number of aliphatic hydroxyl groups excluding tert-OH is 2. The number of aliphatic hydroxyl groups is 2. The average molecular weight is 421 g/mol. The van der Waals surface area contributed by atoms with Gasteiger partial charge in [0.2, 0.25) is 0 Å². The van der Waals surface area contributed by atoms with Crippen LogP contribution in [0.5, 0.6) is 17.5 Å². The van der Waals surface area contributed by atoms with Crippen LogP contribution in [-0.2, 0) is 7.05 Å². The summed E-state index contributed by atoms with van der Waals surface area (Å²) >= 11 is 0. The number of benzene rings is 2. The number of hydrogen-bond donors (Lipinski definition) is 5. The van der Waals surface area contributed by atoms with Crippen LogP contribution >= 0.6 is 0 Å². The van der Waals surface area contributed by atoms with Gasteiger partial charge in [-0.3, -0.25) is 4.98 Å². The molecule has 0 aliphatic heterocycles. The predicted octanol–water partition coefficient (Wildman–Crippen LogP) is 4.99. The van der Waals surface area contributed by atoms with Crippen molar-refractivity contribution in [2.45, 2.75) is 0 Å². The zero-order valence-electron chi connectivity index (χ0n) is 16.4. The summed E-state index contributed by atoms with van der Waals surface area (Å²) in [6.45, 7) is -0.386. The maximum Gasteiger partial charge on any atom is 0.200 e. The predicted molar refractivity (Wildman–Crippen MR) is 116 cm³/mol. The van der Waals surface area contributed by atoms with Gasteiger partial charge in [-0.05, 0) is 17.3 Å². The molecule has 9 heteroatoms. The number of hydrogen-bond acceptors (Lipinski definition) is 7. The number of nitrogens with zero attached hydrogens (tertiary/aromatic N) is 2. The standard InChI is InChI=1S/C22H19N3O6/c1-25-9-15(13-5-2-3-7-16(13)25)19-18(21(28)23-22(19)29)14-6-4-8-17(20(14)24-30)31-11-12(27)10-26/h2-10,23,26-29H,11H2,1H3/b12-10-. The minimum atomic E-state index is -0.444. The van der Waals surface area contributed by atoms with Crippen LogP contribution in [0.1, 0.15) is 0 Å². The van der Waals surface area contributed by atoms with E-state index in [0.717, 1.165) is 10.9 Å². The van der Waals surface area contributed by atoms with Gasteiger partial charge in [-0.1, -0.05) is 30.3 Å². The van der Waals surface area contributed by atoms with E-state index in [4.69, 9.17) is 9.84 Å². The van der Waals surface area contributed by atoms with Crippen molar-refractivity contribution >= 4 is 16.6 Å². The number of nitrogens with one attached hydrogen (secondary N) is 1. The first-order valence-corrected chi connectivity index (χ1v) is 9.26. The maximum absolute atomic E-state index is 11.7. The summed E-state index contributed by atoms with van der Waals surface area (Å²) in [4.78, 5) is 14.2. The third-order valence-electron chi connectivity index (χ3n) is 5.01. The molecule has 0 bridgehead atoms. The fourth-order valence-electron chi connectivity index (χ4n) is 3.66. The number of rotatable bonds is 6. The Kier molecular flexibility index (Phi) is 5.00. The molecule has 0 spiro atoms. The normalized spacial score (nSPS) is 11.7. The minimum Gasteiger partial charge on any atom is -0.512 e. The Bertz CT molecular complexity index is 1320. The van der Waals surface area contributed by atoms with Crippen molar-refractivity contribution in [3.8, 4) is 39.8 Å². The molecular formula is C22H19N3O6. The molecule has 2 aromatic carbocycles. The van der Waals surface area contributed by atoms with E-state index in [1.165, 1.54) is 6.07 Å². The van der Waals surface area contributed by atoms with Crippen LogP contribution in [0.15, 0.2) is 65.9 Å². The highest BCUT2D eigenvalue weighted by Gasteiger charge is 2.26. The lowest BCUT2D eigenvalue weighted by Crippen LogP contribution is -2.01. The lowest BCUT2D eigenvalue weighted by Gasteiger charge is -2.11. The Labute approximate surface area is 176 Å². The van der Waals surface area contributed by atoms with Crippen LogP contribution in [0, 0.1) is 4.91 Å². The van der Waals surface area contributed by atoms with Crippen molar-refractivity contribution in [1.82, 2.24) is 9.55 Å². The molecule has 2 aromatic heterocycles. The van der Waals surface area contributed by atoms with E-state index >= 15 is 0 Å². The second kappa shape index (κ2) is 7.79. The van der Waals surface area contributed by atoms with Crippen molar-refractivity contribution in [3.63, 3.8) is 0 Å². The average Bonchev–Trinajstić information content (AvgIpc) is 3.26. The molecule has 0 fully saturated rings. The third-order valence-corrected chi connectivity index (χ3v) is 5.01. The van der Waals surface area contributed by atoms with E-state index in [-0.39, 0.29) is 40.9 Å².